The Hall–Kier alpha value is -1.39. The maximum atomic E-state index is 11.0. The molecule has 98 valence electrons. The van der Waals surface area contributed by atoms with Crippen LogP contribution in [0.4, 0.5) is 0 Å². The SMILES string of the molecule is Cc1cc(C(N)=O)ccc1COC1CC(CN)C1. The number of hydrogen-bond acceptors (Lipinski definition) is 3. The summed E-state index contributed by atoms with van der Waals surface area (Å²) in [5.41, 5.74) is 13.5. The van der Waals surface area contributed by atoms with Crippen LogP contribution in [0.1, 0.15) is 34.3 Å². The van der Waals surface area contributed by atoms with Crippen LogP contribution in [0.25, 0.3) is 0 Å². The molecule has 1 saturated carbocycles. The van der Waals surface area contributed by atoms with Gasteiger partial charge in [-0.3, -0.25) is 4.79 Å². The minimum absolute atomic E-state index is 0.341. The van der Waals surface area contributed by atoms with Gasteiger partial charge in [0.15, 0.2) is 0 Å². The number of carbonyl (C=O) groups is 1. The van der Waals surface area contributed by atoms with Crippen molar-refractivity contribution < 1.29 is 9.53 Å². The minimum atomic E-state index is -0.393. The molecular weight excluding hydrogens is 228 g/mol. The molecule has 0 spiro atoms. The van der Waals surface area contributed by atoms with Gasteiger partial charge in [0.1, 0.15) is 0 Å². The van der Waals surface area contributed by atoms with E-state index in [2.05, 4.69) is 0 Å². The molecule has 1 amide bonds. The van der Waals surface area contributed by atoms with Crippen LogP contribution in [0.5, 0.6) is 0 Å². The van der Waals surface area contributed by atoms with Gasteiger partial charge in [-0.15, -0.1) is 0 Å². The van der Waals surface area contributed by atoms with E-state index in [-0.39, 0.29) is 0 Å². The van der Waals surface area contributed by atoms with Crippen molar-refractivity contribution in [3.8, 4) is 0 Å². The van der Waals surface area contributed by atoms with Crippen molar-refractivity contribution in [3.63, 3.8) is 0 Å². The van der Waals surface area contributed by atoms with Crippen molar-refractivity contribution in [3.05, 3.63) is 34.9 Å². The second-order valence-corrected chi connectivity index (χ2v) is 5.01. The summed E-state index contributed by atoms with van der Waals surface area (Å²) < 4.78 is 5.81. The van der Waals surface area contributed by atoms with Gasteiger partial charge in [0.25, 0.3) is 0 Å². The molecular formula is C14H20N2O2. The van der Waals surface area contributed by atoms with Gasteiger partial charge < -0.3 is 16.2 Å². The van der Waals surface area contributed by atoms with E-state index >= 15 is 0 Å². The van der Waals surface area contributed by atoms with Crippen molar-refractivity contribution in [2.45, 2.75) is 32.5 Å². The summed E-state index contributed by atoms with van der Waals surface area (Å²) in [5, 5.41) is 0. The van der Waals surface area contributed by atoms with Crippen LogP contribution >= 0.6 is 0 Å². The van der Waals surface area contributed by atoms with Gasteiger partial charge in [-0.1, -0.05) is 6.07 Å². The van der Waals surface area contributed by atoms with E-state index in [0.29, 0.717) is 24.2 Å². The van der Waals surface area contributed by atoms with Gasteiger partial charge in [-0.2, -0.15) is 0 Å². The monoisotopic (exact) mass is 248 g/mol. The predicted molar refractivity (Wildman–Crippen MR) is 70.1 cm³/mol. The standard InChI is InChI=1S/C14H20N2O2/c1-9-4-11(14(16)17)2-3-12(9)8-18-13-5-10(6-13)7-15/h2-4,10,13H,5-8,15H2,1H3,(H2,16,17). The molecule has 1 aliphatic rings. The van der Waals surface area contributed by atoms with E-state index in [0.717, 1.165) is 30.5 Å². The molecule has 1 aromatic carbocycles. The molecule has 0 saturated heterocycles. The predicted octanol–water partition coefficient (Wildman–Crippen LogP) is 1.35. The van der Waals surface area contributed by atoms with Gasteiger partial charge in [0.05, 0.1) is 12.7 Å². The fraction of sp³-hybridized carbons (Fsp3) is 0.500. The van der Waals surface area contributed by atoms with Crippen LogP contribution in [0.15, 0.2) is 18.2 Å². The number of nitrogens with two attached hydrogens (primary N) is 2. The fourth-order valence-corrected chi connectivity index (χ4v) is 2.22. The Labute approximate surface area is 107 Å². The Kier molecular flexibility index (Phi) is 3.99. The quantitative estimate of drug-likeness (QED) is 0.825. The van der Waals surface area contributed by atoms with Gasteiger partial charge in [0.2, 0.25) is 5.91 Å². The summed E-state index contributed by atoms with van der Waals surface area (Å²) in [6, 6.07) is 5.47. The third-order valence-electron chi connectivity index (χ3n) is 3.63. The van der Waals surface area contributed by atoms with Crippen LogP contribution in [0, 0.1) is 12.8 Å². The molecule has 1 aliphatic carbocycles. The third-order valence-corrected chi connectivity index (χ3v) is 3.63. The molecule has 0 aliphatic heterocycles. The molecule has 0 atom stereocenters. The molecule has 18 heavy (non-hydrogen) atoms. The van der Waals surface area contributed by atoms with Crippen LogP contribution in [0.2, 0.25) is 0 Å². The number of primary amides is 1. The van der Waals surface area contributed by atoms with E-state index in [4.69, 9.17) is 16.2 Å². The molecule has 0 bridgehead atoms. The van der Waals surface area contributed by atoms with Crippen molar-refractivity contribution in [2.75, 3.05) is 6.54 Å². The van der Waals surface area contributed by atoms with Gasteiger partial charge in [0, 0.05) is 5.56 Å². The second kappa shape index (κ2) is 5.50. The molecule has 0 radical (unpaired) electrons. The van der Waals surface area contributed by atoms with E-state index < -0.39 is 5.91 Å². The summed E-state index contributed by atoms with van der Waals surface area (Å²) in [5.74, 6) is 0.240. The molecule has 1 aromatic rings. The Bertz CT molecular complexity index is 439. The first-order valence-corrected chi connectivity index (χ1v) is 6.31. The first-order valence-electron chi connectivity index (χ1n) is 6.31. The number of carbonyl (C=O) groups excluding carboxylic acids is 1. The number of hydrogen-bond donors (Lipinski definition) is 2. The summed E-state index contributed by atoms with van der Waals surface area (Å²) in [6.07, 6.45) is 2.47. The maximum Gasteiger partial charge on any atom is 0.248 e. The summed E-state index contributed by atoms with van der Waals surface area (Å²) in [4.78, 5) is 11.0. The summed E-state index contributed by atoms with van der Waals surface area (Å²) in [7, 11) is 0. The van der Waals surface area contributed by atoms with Gasteiger partial charge in [-0.05, 0) is 55.5 Å². The highest BCUT2D eigenvalue weighted by Gasteiger charge is 2.28. The maximum absolute atomic E-state index is 11.0. The number of ether oxygens (including phenoxy) is 1. The van der Waals surface area contributed by atoms with Crippen molar-refractivity contribution in [1.29, 1.82) is 0 Å². The van der Waals surface area contributed by atoms with E-state index in [1.54, 1.807) is 6.07 Å². The smallest absolute Gasteiger partial charge is 0.248 e. The van der Waals surface area contributed by atoms with Crippen LogP contribution in [-0.4, -0.2) is 18.6 Å². The molecule has 0 unspecified atom stereocenters. The molecule has 1 fully saturated rings. The molecule has 4 nitrogen and oxygen atoms in total. The highest BCUT2D eigenvalue weighted by atomic mass is 16.5. The normalized spacial score (nSPS) is 22.6. The zero-order chi connectivity index (χ0) is 13.1. The Morgan fingerprint density at radius 1 is 1.44 bits per heavy atom. The third kappa shape index (κ3) is 2.89. The Balaban J connectivity index is 1.88. The Morgan fingerprint density at radius 2 is 2.17 bits per heavy atom. The zero-order valence-corrected chi connectivity index (χ0v) is 10.7. The largest absolute Gasteiger partial charge is 0.374 e. The molecule has 4 heteroatoms. The van der Waals surface area contributed by atoms with E-state index in [1.807, 2.05) is 19.1 Å². The number of aryl methyl sites for hydroxylation is 1. The van der Waals surface area contributed by atoms with E-state index in [1.165, 1.54) is 0 Å². The van der Waals surface area contributed by atoms with E-state index in [9.17, 15) is 4.79 Å². The highest BCUT2D eigenvalue weighted by molar-refractivity contribution is 5.93. The zero-order valence-electron chi connectivity index (χ0n) is 10.7. The fourth-order valence-electron chi connectivity index (χ4n) is 2.22. The van der Waals surface area contributed by atoms with Crippen molar-refractivity contribution >= 4 is 5.91 Å². The first-order chi connectivity index (χ1) is 8.60. The van der Waals surface area contributed by atoms with Crippen LogP contribution < -0.4 is 11.5 Å². The Morgan fingerprint density at radius 3 is 2.72 bits per heavy atom. The number of amides is 1. The van der Waals surface area contributed by atoms with Crippen LogP contribution in [0.3, 0.4) is 0 Å². The topological polar surface area (TPSA) is 78.3 Å². The first kappa shape index (κ1) is 13.1. The molecule has 4 N–H and O–H groups in total. The average Bonchev–Trinajstić information content (AvgIpc) is 2.28. The lowest BCUT2D eigenvalue weighted by Crippen LogP contribution is -2.35. The lowest BCUT2D eigenvalue weighted by atomic mass is 9.82. The lowest BCUT2D eigenvalue weighted by Gasteiger charge is -2.34. The average molecular weight is 248 g/mol. The highest BCUT2D eigenvalue weighted by Crippen LogP contribution is 2.29. The summed E-state index contributed by atoms with van der Waals surface area (Å²) >= 11 is 0. The lowest BCUT2D eigenvalue weighted by molar-refractivity contribution is -0.0377. The van der Waals surface area contributed by atoms with Crippen LogP contribution in [-0.2, 0) is 11.3 Å². The van der Waals surface area contributed by atoms with Gasteiger partial charge >= 0.3 is 0 Å². The minimum Gasteiger partial charge on any atom is -0.374 e. The van der Waals surface area contributed by atoms with Crippen molar-refractivity contribution in [1.82, 2.24) is 0 Å². The molecule has 0 aromatic heterocycles. The second-order valence-electron chi connectivity index (χ2n) is 5.01. The number of rotatable bonds is 5. The van der Waals surface area contributed by atoms with Crippen molar-refractivity contribution in [2.24, 2.45) is 17.4 Å². The molecule has 0 heterocycles. The summed E-state index contributed by atoms with van der Waals surface area (Å²) in [6.45, 7) is 3.31. The molecule has 2 rings (SSSR count). The number of benzene rings is 1. The van der Waals surface area contributed by atoms with Gasteiger partial charge in [-0.25, -0.2) is 0 Å².